The van der Waals surface area contributed by atoms with E-state index in [1.165, 1.54) is 4.26 Å². The van der Waals surface area contributed by atoms with E-state index >= 15 is 0 Å². The first kappa shape index (κ1) is 10.6. The molecule has 0 aliphatic rings. The van der Waals surface area contributed by atoms with Crippen LogP contribution in [0.15, 0.2) is 53.3 Å². The minimum absolute atomic E-state index is 0.0692. The number of fused-ring (bicyclic) bond motifs is 1. The number of nitrogens with zero attached hydrogens (tertiary/aromatic N) is 1. The summed E-state index contributed by atoms with van der Waals surface area (Å²) in [7, 11) is 0. The Morgan fingerprint density at radius 1 is 1.00 bits per heavy atom. The molecule has 0 aliphatic carbocycles. The Morgan fingerprint density at radius 3 is 2.47 bits per heavy atom. The molecule has 0 spiro atoms. The Kier molecular flexibility index (Phi) is 2.50. The Morgan fingerprint density at radius 2 is 1.71 bits per heavy atom. The summed E-state index contributed by atoms with van der Waals surface area (Å²) >= 11 is 0.0692. The monoisotopic (exact) mass is 289 g/mol. The molecule has 0 saturated carbocycles. The summed E-state index contributed by atoms with van der Waals surface area (Å²) in [5, 5.41) is 0.857. The Balaban J connectivity index is 2.36. The van der Waals surface area contributed by atoms with Gasteiger partial charge in [-0.25, -0.2) is 0 Å². The van der Waals surface area contributed by atoms with Crippen molar-refractivity contribution in [3.05, 3.63) is 64.4 Å². The van der Waals surface area contributed by atoms with E-state index in [-0.39, 0.29) is 20.3 Å². The molecule has 3 heteroatoms. The summed E-state index contributed by atoms with van der Waals surface area (Å²) in [6.45, 7) is 2.04. The third kappa shape index (κ3) is 1.68. The normalized spacial score (nSPS) is 10.9. The number of hydrogen-bond acceptors (Lipinski definition) is 1. The van der Waals surface area contributed by atoms with Crippen LogP contribution in [0.4, 0.5) is 0 Å². The summed E-state index contributed by atoms with van der Waals surface area (Å²) in [5.41, 5.74) is 2.32. The summed E-state index contributed by atoms with van der Waals surface area (Å²) < 4.78 is 3.08. The van der Waals surface area contributed by atoms with Crippen LogP contribution in [0, 0.1) is 6.92 Å². The minimum atomic E-state index is 0.0692. The van der Waals surface area contributed by atoms with Gasteiger partial charge in [0.1, 0.15) is 0 Å². The van der Waals surface area contributed by atoms with Gasteiger partial charge >= 0.3 is 105 Å². The van der Waals surface area contributed by atoms with Crippen molar-refractivity contribution < 1.29 is 0 Å². The van der Waals surface area contributed by atoms with E-state index in [0.29, 0.717) is 0 Å². The Bertz CT molecular complexity index is 739. The first-order valence-electron chi connectivity index (χ1n) is 5.44. The molecule has 84 valence electrons. The fraction of sp³-hybridized carbons (Fsp3) is 0.0714. The number of aryl methyl sites for hydroxylation is 1. The average molecular weight is 288 g/mol. The third-order valence-electron chi connectivity index (χ3n) is 2.83. The van der Waals surface area contributed by atoms with E-state index < -0.39 is 0 Å². The summed E-state index contributed by atoms with van der Waals surface area (Å²) in [4.78, 5) is 12.3. The van der Waals surface area contributed by atoms with E-state index in [4.69, 9.17) is 0 Å². The van der Waals surface area contributed by atoms with Crippen LogP contribution in [0.3, 0.4) is 0 Å². The molecule has 2 nitrogen and oxygen atoms in total. The fourth-order valence-corrected chi connectivity index (χ4v) is 4.18. The van der Waals surface area contributed by atoms with Crippen LogP contribution in [0.2, 0.25) is 0 Å². The van der Waals surface area contributed by atoms with Gasteiger partial charge in [0.2, 0.25) is 0 Å². The van der Waals surface area contributed by atoms with E-state index in [1.807, 2.05) is 59.0 Å². The maximum atomic E-state index is 12.3. The zero-order valence-electron chi connectivity index (χ0n) is 9.38. The van der Waals surface area contributed by atoms with Crippen molar-refractivity contribution in [1.29, 1.82) is 0 Å². The van der Waals surface area contributed by atoms with Crippen LogP contribution in [0.25, 0.3) is 15.3 Å². The van der Waals surface area contributed by atoms with Crippen molar-refractivity contribution in [2.45, 2.75) is 6.92 Å². The SMILES string of the molecule is Cc1ccccc1-n1[se]c2ccccc2c1=O. The Labute approximate surface area is 105 Å². The van der Waals surface area contributed by atoms with Crippen molar-refractivity contribution in [3.63, 3.8) is 0 Å². The number of aromatic nitrogens is 1. The molecule has 17 heavy (non-hydrogen) atoms. The molecule has 1 heterocycles. The molecule has 2 aromatic carbocycles. The van der Waals surface area contributed by atoms with Gasteiger partial charge in [0.25, 0.3) is 0 Å². The summed E-state index contributed by atoms with van der Waals surface area (Å²) in [5.74, 6) is 0. The van der Waals surface area contributed by atoms with Crippen molar-refractivity contribution in [1.82, 2.24) is 3.56 Å². The molecule has 0 amide bonds. The second kappa shape index (κ2) is 4.02. The molecule has 3 aromatic rings. The van der Waals surface area contributed by atoms with Gasteiger partial charge < -0.3 is 0 Å². The van der Waals surface area contributed by atoms with Gasteiger partial charge in [0.05, 0.1) is 0 Å². The molecule has 0 radical (unpaired) electrons. The molecule has 0 saturated heterocycles. The van der Waals surface area contributed by atoms with Gasteiger partial charge in [0.15, 0.2) is 0 Å². The van der Waals surface area contributed by atoms with Crippen LogP contribution in [-0.4, -0.2) is 18.3 Å². The van der Waals surface area contributed by atoms with E-state index in [0.717, 1.165) is 16.6 Å². The molecule has 0 N–H and O–H groups in total. The number of hydrogen-bond donors (Lipinski definition) is 0. The molecular weight excluding hydrogens is 277 g/mol. The van der Waals surface area contributed by atoms with E-state index in [2.05, 4.69) is 0 Å². The molecule has 0 unspecified atom stereocenters. The molecule has 0 aliphatic heterocycles. The molecule has 3 rings (SSSR count). The number of rotatable bonds is 1. The van der Waals surface area contributed by atoms with Crippen molar-refractivity contribution >= 4 is 24.4 Å². The molecule has 0 bridgehead atoms. The summed E-state index contributed by atoms with van der Waals surface area (Å²) in [6, 6.07) is 15.9. The van der Waals surface area contributed by atoms with Crippen LogP contribution in [-0.2, 0) is 0 Å². The topological polar surface area (TPSA) is 22.0 Å². The van der Waals surface area contributed by atoms with Crippen molar-refractivity contribution in [3.8, 4) is 5.69 Å². The third-order valence-corrected chi connectivity index (χ3v) is 5.13. The van der Waals surface area contributed by atoms with E-state index in [1.54, 1.807) is 0 Å². The van der Waals surface area contributed by atoms with Gasteiger partial charge in [-0.1, -0.05) is 0 Å². The van der Waals surface area contributed by atoms with Crippen LogP contribution in [0.1, 0.15) is 5.56 Å². The summed E-state index contributed by atoms with van der Waals surface area (Å²) in [6.07, 6.45) is 0. The first-order valence-corrected chi connectivity index (χ1v) is 7.07. The average Bonchev–Trinajstić information content (AvgIpc) is 2.68. The van der Waals surface area contributed by atoms with Crippen molar-refractivity contribution in [2.24, 2.45) is 0 Å². The van der Waals surface area contributed by atoms with Crippen LogP contribution < -0.4 is 5.56 Å². The van der Waals surface area contributed by atoms with Gasteiger partial charge in [-0.05, 0) is 0 Å². The second-order valence-electron chi connectivity index (χ2n) is 3.97. The molecular formula is C14H11NOSe. The molecule has 1 aromatic heterocycles. The molecule has 0 fully saturated rings. The van der Waals surface area contributed by atoms with Gasteiger partial charge in [-0.3, -0.25) is 0 Å². The second-order valence-corrected chi connectivity index (χ2v) is 6.05. The quantitative estimate of drug-likeness (QED) is 0.630. The number of para-hydroxylation sites is 1. The molecule has 0 atom stereocenters. The Hall–Kier alpha value is -1.57. The van der Waals surface area contributed by atoms with Crippen molar-refractivity contribution in [2.75, 3.05) is 0 Å². The van der Waals surface area contributed by atoms with Gasteiger partial charge in [-0.2, -0.15) is 0 Å². The van der Waals surface area contributed by atoms with Crippen LogP contribution >= 0.6 is 0 Å². The van der Waals surface area contributed by atoms with E-state index in [9.17, 15) is 4.79 Å². The van der Waals surface area contributed by atoms with Gasteiger partial charge in [0, 0.05) is 0 Å². The standard InChI is InChI=1S/C14H11NOSe/c1-10-6-2-4-8-12(10)15-14(16)11-7-3-5-9-13(11)17-15/h2-9H,1H3. The van der Waals surface area contributed by atoms with Crippen LogP contribution in [0.5, 0.6) is 0 Å². The fourth-order valence-electron chi connectivity index (χ4n) is 1.92. The zero-order chi connectivity index (χ0) is 11.8. The maximum absolute atomic E-state index is 12.3. The van der Waals surface area contributed by atoms with Gasteiger partial charge in [-0.15, -0.1) is 0 Å². The first-order chi connectivity index (χ1) is 8.27. The number of benzene rings is 2. The predicted octanol–water partition coefficient (Wildman–Crippen LogP) is 2.36. The zero-order valence-corrected chi connectivity index (χ0v) is 11.1. The predicted molar refractivity (Wildman–Crippen MR) is 71.2 cm³/mol.